The third kappa shape index (κ3) is 3.12. The molecular formula is C22H19BrN2. The van der Waals surface area contributed by atoms with Gasteiger partial charge >= 0.3 is 0 Å². The fourth-order valence-electron chi connectivity index (χ4n) is 3.41. The average molecular weight is 391 g/mol. The van der Waals surface area contributed by atoms with Crippen LogP contribution in [0.25, 0.3) is 0 Å². The van der Waals surface area contributed by atoms with Crippen molar-refractivity contribution in [1.82, 2.24) is 0 Å². The minimum atomic E-state index is -0.00687. The van der Waals surface area contributed by atoms with Gasteiger partial charge in [-0.2, -0.15) is 0 Å². The van der Waals surface area contributed by atoms with E-state index in [-0.39, 0.29) is 12.2 Å². The number of hydrogen-bond acceptors (Lipinski definition) is 2. The molecule has 4 rings (SSSR count). The fraction of sp³-hybridized carbons (Fsp3) is 0.136. The Morgan fingerprint density at radius 2 is 1.40 bits per heavy atom. The van der Waals surface area contributed by atoms with Gasteiger partial charge in [-0.15, -0.1) is 0 Å². The van der Waals surface area contributed by atoms with Crippen LogP contribution >= 0.6 is 15.9 Å². The van der Waals surface area contributed by atoms with Crippen LogP contribution in [0.5, 0.6) is 0 Å². The zero-order valence-electron chi connectivity index (χ0n) is 14.0. The fourth-order valence-corrected chi connectivity index (χ4v) is 3.67. The van der Waals surface area contributed by atoms with Crippen LogP contribution in [0.1, 0.15) is 24.2 Å². The second-order valence-corrected chi connectivity index (χ2v) is 7.14. The summed E-state index contributed by atoms with van der Waals surface area (Å²) in [4.78, 5) is 7.51. The molecule has 0 saturated carbocycles. The van der Waals surface area contributed by atoms with E-state index in [1.807, 2.05) is 12.1 Å². The van der Waals surface area contributed by atoms with Gasteiger partial charge < -0.3 is 4.90 Å². The summed E-state index contributed by atoms with van der Waals surface area (Å²) in [7, 11) is 0. The van der Waals surface area contributed by atoms with E-state index in [1.165, 1.54) is 16.8 Å². The van der Waals surface area contributed by atoms with Crippen LogP contribution in [0.2, 0.25) is 0 Å². The van der Waals surface area contributed by atoms with Gasteiger partial charge in [0.15, 0.2) is 0 Å². The third-order valence-electron chi connectivity index (χ3n) is 4.63. The monoisotopic (exact) mass is 390 g/mol. The molecule has 25 heavy (non-hydrogen) atoms. The van der Waals surface area contributed by atoms with E-state index in [9.17, 15) is 0 Å². The summed E-state index contributed by atoms with van der Waals surface area (Å²) in [6.45, 7) is 2.23. The van der Waals surface area contributed by atoms with Crippen molar-refractivity contribution < 1.29 is 0 Å². The quantitative estimate of drug-likeness (QED) is 0.547. The van der Waals surface area contributed by atoms with Crippen molar-refractivity contribution >= 4 is 27.3 Å². The smallest absolute Gasteiger partial charge is 0.148 e. The average Bonchev–Trinajstić information content (AvgIpc) is 3.01. The molecule has 2 atom stereocenters. The van der Waals surface area contributed by atoms with E-state index in [0.29, 0.717) is 0 Å². The highest BCUT2D eigenvalue weighted by Gasteiger charge is 2.34. The number of benzene rings is 3. The predicted octanol–water partition coefficient (Wildman–Crippen LogP) is 5.85. The number of hydrogen-bond donors (Lipinski definition) is 0. The van der Waals surface area contributed by atoms with Crippen LogP contribution in [0.15, 0.2) is 94.4 Å². The maximum absolute atomic E-state index is 5.12. The Bertz CT molecular complexity index is 873. The van der Waals surface area contributed by atoms with Gasteiger partial charge in [0, 0.05) is 10.2 Å². The molecule has 0 fully saturated rings. The van der Waals surface area contributed by atoms with Gasteiger partial charge in [-0.05, 0) is 42.3 Å². The van der Waals surface area contributed by atoms with Gasteiger partial charge in [0.2, 0.25) is 0 Å². The Morgan fingerprint density at radius 3 is 2.04 bits per heavy atom. The van der Waals surface area contributed by atoms with Gasteiger partial charge in [0.1, 0.15) is 6.17 Å². The topological polar surface area (TPSA) is 15.6 Å². The first-order valence-electron chi connectivity index (χ1n) is 8.46. The predicted molar refractivity (Wildman–Crippen MR) is 108 cm³/mol. The van der Waals surface area contributed by atoms with Crippen molar-refractivity contribution in [3.63, 3.8) is 0 Å². The van der Waals surface area contributed by atoms with Gasteiger partial charge in [0.05, 0.1) is 11.8 Å². The Hall–Kier alpha value is -2.39. The van der Waals surface area contributed by atoms with Crippen molar-refractivity contribution in [2.75, 3.05) is 4.90 Å². The maximum Gasteiger partial charge on any atom is 0.148 e. The van der Waals surface area contributed by atoms with Crippen LogP contribution in [0, 0.1) is 0 Å². The number of halogens is 1. The zero-order valence-corrected chi connectivity index (χ0v) is 15.6. The highest BCUT2D eigenvalue weighted by atomic mass is 79.9. The Balaban J connectivity index is 1.80. The normalized spacial score (nSPS) is 19.8. The number of rotatable bonds is 3. The van der Waals surface area contributed by atoms with Gasteiger partial charge in [0.25, 0.3) is 0 Å². The highest BCUT2D eigenvalue weighted by Crippen LogP contribution is 2.37. The first-order valence-corrected chi connectivity index (χ1v) is 9.25. The van der Waals surface area contributed by atoms with E-state index >= 15 is 0 Å². The summed E-state index contributed by atoms with van der Waals surface area (Å²) in [5, 5.41) is 0. The lowest BCUT2D eigenvalue weighted by Gasteiger charge is -2.30. The molecule has 124 valence electrons. The van der Waals surface area contributed by atoms with E-state index in [1.54, 1.807) is 0 Å². The lowest BCUT2D eigenvalue weighted by atomic mass is 10.0. The second kappa shape index (κ2) is 6.85. The molecule has 1 heterocycles. The van der Waals surface area contributed by atoms with Gasteiger partial charge in [-0.3, -0.25) is 4.99 Å². The lowest BCUT2D eigenvalue weighted by molar-refractivity contribution is 0.675. The summed E-state index contributed by atoms with van der Waals surface area (Å²) in [5.41, 5.74) is 4.72. The van der Waals surface area contributed by atoms with Crippen molar-refractivity contribution in [2.24, 2.45) is 4.99 Å². The minimum Gasteiger partial charge on any atom is -0.337 e. The number of anilines is 1. The molecule has 0 amide bonds. The number of aliphatic imine (C=N–C) groups is 1. The molecule has 3 heteroatoms. The molecule has 0 spiro atoms. The van der Waals surface area contributed by atoms with Crippen molar-refractivity contribution in [3.8, 4) is 0 Å². The summed E-state index contributed by atoms with van der Waals surface area (Å²) in [6.07, 6.45) is -0.00687. The van der Waals surface area contributed by atoms with Crippen molar-refractivity contribution in [1.29, 1.82) is 0 Å². The van der Waals surface area contributed by atoms with Crippen LogP contribution in [-0.2, 0) is 0 Å². The molecule has 2 nitrogen and oxygen atoms in total. The Morgan fingerprint density at radius 1 is 0.800 bits per heavy atom. The molecular weight excluding hydrogens is 372 g/mol. The lowest BCUT2D eigenvalue weighted by Crippen LogP contribution is -2.35. The van der Waals surface area contributed by atoms with Crippen LogP contribution in [0.4, 0.5) is 5.69 Å². The van der Waals surface area contributed by atoms with Crippen LogP contribution < -0.4 is 4.90 Å². The molecule has 3 aromatic carbocycles. The van der Waals surface area contributed by atoms with Crippen LogP contribution in [0.3, 0.4) is 0 Å². The van der Waals surface area contributed by atoms with E-state index < -0.39 is 0 Å². The third-order valence-corrected chi connectivity index (χ3v) is 5.16. The van der Waals surface area contributed by atoms with Crippen LogP contribution in [-0.4, -0.2) is 11.8 Å². The second-order valence-electron chi connectivity index (χ2n) is 6.22. The molecule has 0 aliphatic carbocycles. The van der Waals surface area contributed by atoms with Gasteiger partial charge in [-0.1, -0.05) is 76.6 Å². The first kappa shape index (κ1) is 16.1. The zero-order chi connectivity index (χ0) is 17.2. The standard InChI is InChI=1S/C22H19BrN2/c1-16-21(17-8-4-2-5-9-17)24-22(18-10-6-3-7-11-18)25(16)20-14-12-19(23)13-15-20/h2-16,22H,1H3. The molecule has 0 bridgehead atoms. The summed E-state index contributed by atoms with van der Waals surface area (Å²) in [5.74, 6) is 0. The van der Waals surface area contributed by atoms with Crippen molar-refractivity contribution in [3.05, 3.63) is 101 Å². The molecule has 1 aliphatic rings. The summed E-state index contributed by atoms with van der Waals surface area (Å²) < 4.78 is 1.09. The minimum absolute atomic E-state index is 0.00687. The Labute approximate surface area is 157 Å². The van der Waals surface area contributed by atoms with Gasteiger partial charge in [-0.25, -0.2) is 0 Å². The summed E-state index contributed by atoms with van der Waals surface area (Å²) >= 11 is 3.53. The molecule has 3 aromatic rings. The summed E-state index contributed by atoms with van der Waals surface area (Å²) in [6, 6.07) is 29.7. The molecule has 1 aliphatic heterocycles. The van der Waals surface area contributed by atoms with Crippen molar-refractivity contribution in [2.45, 2.75) is 19.1 Å². The maximum atomic E-state index is 5.12. The Kier molecular flexibility index (Phi) is 4.41. The largest absolute Gasteiger partial charge is 0.337 e. The molecule has 0 saturated heterocycles. The molecule has 0 N–H and O–H groups in total. The number of nitrogens with zero attached hydrogens (tertiary/aromatic N) is 2. The molecule has 0 aromatic heterocycles. The molecule has 2 unspecified atom stereocenters. The highest BCUT2D eigenvalue weighted by molar-refractivity contribution is 9.10. The first-order chi connectivity index (χ1) is 12.2. The SMILES string of the molecule is CC1C(c2ccccc2)=NC(c2ccccc2)N1c1ccc(Br)cc1. The van der Waals surface area contributed by atoms with E-state index in [0.717, 1.165) is 10.2 Å². The van der Waals surface area contributed by atoms with E-state index in [2.05, 4.69) is 101 Å². The van der Waals surface area contributed by atoms with E-state index in [4.69, 9.17) is 4.99 Å². The molecule has 0 radical (unpaired) electrons.